The van der Waals surface area contributed by atoms with Crippen LogP contribution in [0.2, 0.25) is 0 Å². The Morgan fingerprint density at radius 1 is 0.826 bits per heavy atom. The number of carbonyl (C=O) groups is 2. The van der Waals surface area contributed by atoms with E-state index < -0.39 is 11.9 Å². The zero-order valence-electron chi connectivity index (χ0n) is 27.3. The summed E-state index contributed by atoms with van der Waals surface area (Å²) in [7, 11) is 0. The van der Waals surface area contributed by atoms with Gasteiger partial charge in [0, 0.05) is 37.6 Å². The Hall–Kier alpha value is -4.02. The number of nitrogens with zero attached hydrogens (tertiary/aromatic N) is 4. The highest BCUT2D eigenvalue weighted by atomic mass is 16.5. The van der Waals surface area contributed by atoms with Gasteiger partial charge in [0.15, 0.2) is 0 Å². The number of ether oxygens (including phenoxy) is 2. The molecule has 2 aliphatic rings. The summed E-state index contributed by atoms with van der Waals surface area (Å²) in [6.45, 7) is 12.4. The second kappa shape index (κ2) is 15.0. The lowest BCUT2D eigenvalue weighted by molar-refractivity contribution is 0.0676. The van der Waals surface area contributed by atoms with Crippen molar-refractivity contribution in [1.29, 1.82) is 0 Å². The van der Waals surface area contributed by atoms with Crippen molar-refractivity contribution in [3.05, 3.63) is 82.2 Å². The summed E-state index contributed by atoms with van der Waals surface area (Å²) in [6.07, 6.45) is 7.43. The summed E-state index contributed by atoms with van der Waals surface area (Å²) in [5, 5.41) is 19.6. The third-order valence-electron chi connectivity index (χ3n) is 9.12. The Bertz CT molecular complexity index is 1530. The van der Waals surface area contributed by atoms with Crippen LogP contribution in [-0.2, 0) is 13.1 Å². The normalized spacial score (nSPS) is 18.8. The van der Waals surface area contributed by atoms with Gasteiger partial charge >= 0.3 is 11.9 Å². The first-order chi connectivity index (χ1) is 22.1. The first-order valence-corrected chi connectivity index (χ1v) is 16.4. The summed E-state index contributed by atoms with van der Waals surface area (Å²) in [5.74, 6) is -1.46. The fourth-order valence-corrected chi connectivity index (χ4v) is 6.82. The minimum absolute atomic E-state index is 0.0399. The van der Waals surface area contributed by atoms with Crippen LogP contribution in [0.4, 0.5) is 0 Å². The SMILES string of the molecule is CC(C)c1cnc(OC[C@@H]2CCCN2Cc2cccc(CN3CCC[C@H]3COc3ncccc3C(=O)O)c2)c(C(=O)O)c1C(C)C. The maximum atomic E-state index is 12.4. The minimum atomic E-state index is -1.04. The first kappa shape index (κ1) is 33.3. The molecule has 0 saturated carbocycles. The first-order valence-electron chi connectivity index (χ1n) is 16.4. The number of carboxylic acid groups (broad SMARTS) is 2. The summed E-state index contributed by atoms with van der Waals surface area (Å²) in [6, 6.07) is 12.1. The largest absolute Gasteiger partial charge is 0.477 e. The van der Waals surface area contributed by atoms with Crippen LogP contribution in [0.15, 0.2) is 48.8 Å². The van der Waals surface area contributed by atoms with E-state index in [9.17, 15) is 19.8 Å². The molecule has 246 valence electrons. The van der Waals surface area contributed by atoms with Gasteiger partial charge in [-0.1, -0.05) is 52.0 Å². The van der Waals surface area contributed by atoms with Gasteiger partial charge in [-0.25, -0.2) is 19.6 Å². The van der Waals surface area contributed by atoms with Gasteiger partial charge in [-0.2, -0.15) is 0 Å². The van der Waals surface area contributed by atoms with E-state index in [1.807, 2.05) is 13.8 Å². The van der Waals surface area contributed by atoms with Crippen LogP contribution in [-0.4, -0.2) is 80.3 Å². The van der Waals surface area contributed by atoms with E-state index >= 15 is 0 Å². The summed E-state index contributed by atoms with van der Waals surface area (Å²) < 4.78 is 12.1. The molecule has 2 saturated heterocycles. The van der Waals surface area contributed by atoms with Gasteiger partial charge in [0.1, 0.15) is 24.3 Å². The fraction of sp³-hybridized carbons (Fsp3) is 0.500. The zero-order valence-corrected chi connectivity index (χ0v) is 27.3. The average Bonchev–Trinajstić information content (AvgIpc) is 3.67. The molecule has 46 heavy (non-hydrogen) atoms. The second-order valence-electron chi connectivity index (χ2n) is 13.1. The average molecular weight is 631 g/mol. The predicted octanol–water partition coefficient (Wildman–Crippen LogP) is 6.21. The van der Waals surface area contributed by atoms with Crippen LogP contribution in [0.1, 0.15) is 108 Å². The number of benzene rings is 1. The molecule has 2 aliphatic heterocycles. The molecular formula is C36H46N4O6. The molecule has 4 heterocycles. The van der Waals surface area contributed by atoms with E-state index in [1.165, 1.54) is 17.2 Å². The monoisotopic (exact) mass is 630 g/mol. The van der Waals surface area contributed by atoms with E-state index in [0.29, 0.717) is 13.2 Å². The van der Waals surface area contributed by atoms with Crippen molar-refractivity contribution in [2.75, 3.05) is 26.3 Å². The maximum absolute atomic E-state index is 12.4. The standard InChI is InChI=1S/C36H46N4O6/c1-23(2)30-18-38-34(32(36(43)44)31(30)24(3)4)46-22-28-12-8-16-40(28)20-26-10-5-9-25(17-26)19-39-15-7-11-27(39)21-45-33-29(35(41)42)13-6-14-37-33/h5-6,9-10,13-14,17-18,23-24,27-28H,7-8,11-12,15-16,19-22H2,1-4H3,(H,41,42)(H,43,44)/t27-,28-/m0/s1. The third-order valence-corrected chi connectivity index (χ3v) is 9.12. The van der Waals surface area contributed by atoms with Crippen LogP contribution in [0.5, 0.6) is 11.8 Å². The number of rotatable bonds is 14. The zero-order chi connectivity index (χ0) is 32.8. The molecule has 10 heteroatoms. The Morgan fingerprint density at radius 3 is 1.98 bits per heavy atom. The lowest BCUT2D eigenvalue weighted by Gasteiger charge is -2.27. The van der Waals surface area contributed by atoms with Crippen molar-refractivity contribution in [2.24, 2.45) is 0 Å². The van der Waals surface area contributed by atoms with Gasteiger partial charge in [0.25, 0.3) is 0 Å². The molecule has 2 aromatic heterocycles. The van der Waals surface area contributed by atoms with Crippen LogP contribution in [0.25, 0.3) is 0 Å². The molecular weight excluding hydrogens is 584 g/mol. The molecule has 10 nitrogen and oxygen atoms in total. The Kier molecular flexibility index (Phi) is 10.9. The molecule has 0 amide bonds. The summed E-state index contributed by atoms with van der Waals surface area (Å²) >= 11 is 0. The molecule has 0 spiro atoms. The minimum Gasteiger partial charge on any atom is -0.477 e. The van der Waals surface area contributed by atoms with Gasteiger partial charge < -0.3 is 19.7 Å². The topological polar surface area (TPSA) is 125 Å². The van der Waals surface area contributed by atoms with E-state index in [2.05, 4.69) is 57.9 Å². The number of hydrogen-bond acceptors (Lipinski definition) is 8. The van der Waals surface area contributed by atoms with Crippen molar-refractivity contribution in [3.63, 3.8) is 0 Å². The van der Waals surface area contributed by atoms with Gasteiger partial charge in [0.05, 0.1) is 0 Å². The highest BCUT2D eigenvalue weighted by molar-refractivity contribution is 5.92. The van der Waals surface area contributed by atoms with Crippen molar-refractivity contribution >= 4 is 11.9 Å². The van der Waals surface area contributed by atoms with Crippen LogP contribution in [0, 0.1) is 0 Å². The van der Waals surface area contributed by atoms with Crippen molar-refractivity contribution in [1.82, 2.24) is 19.8 Å². The molecule has 0 aliphatic carbocycles. The molecule has 0 radical (unpaired) electrons. The highest BCUT2D eigenvalue weighted by Crippen LogP contribution is 2.34. The third kappa shape index (κ3) is 7.85. The number of aromatic nitrogens is 2. The van der Waals surface area contributed by atoms with E-state index in [1.54, 1.807) is 18.5 Å². The number of pyridine rings is 2. The molecule has 2 fully saturated rings. The number of hydrogen-bond donors (Lipinski definition) is 2. The Balaban J connectivity index is 1.21. The molecule has 2 atom stereocenters. The maximum Gasteiger partial charge on any atom is 0.341 e. The quantitative estimate of drug-likeness (QED) is 0.212. The van der Waals surface area contributed by atoms with E-state index in [0.717, 1.165) is 63.0 Å². The summed E-state index contributed by atoms with van der Waals surface area (Å²) in [5.41, 5.74) is 4.47. The smallest absolute Gasteiger partial charge is 0.341 e. The lowest BCUT2D eigenvalue weighted by Crippen LogP contribution is -2.34. The lowest BCUT2D eigenvalue weighted by atomic mass is 9.88. The molecule has 0 bridgehead atoms. The van der Waals surface area contributed by atoms with Gasteiger partial charge in [-0.15, -0.1) is 0 Å². The van der Waals surface area contributed by atoms with Crippen LogP contribution in [0.3, 0.4) is 0 Å². The molecule has 3 aromatic rings. The Morgan fingerprint density at radius 2 is 1.43 bits per heavy atom. The molecule has 5 rings (SSSR count). The highest BCUT2D eigenvalue weighted by Gasteiger charge is 2.30. The summed E-state index contributed by atoms with van der Waals surface area (Å²) in [4.78, 5) is 37.3. The predicted molar refractivity (Wildman–Crippen MR) is 175 cm³/mol. The van der Waals surface area contributed by atoms with Gasteiger partial charge in [0.2, 0.25) is 11.8 Å². The van der Waals surface area contributed by atoms with Gasteiger partial charge in [-0.3, -0.25) is 9.80 Å². The fourth-order valence-electron chi connectivity index (χ4n) is 6.82. The van der Waals surface area contributed by atoms with Crippen LogP contribution >= 0.6 is 0 Å². The Labute approximate surface area is 271 Å². The van der Waals surface area contributed by atoms with E-state index in [-0.39, 0.29) is 46.8 Å². The van der Waals surface area contributed by atoms with E-state index in [4.69, 9.17) is 9.47 Å². The number of carboxylic acids is 2. The van der Waals surface area contributed by atoms with Crippen molar-refractivity contribution in [3.8, 4) is 11.8 Å². The number of likely N-dealkylation sites (tertiary alicyclic amines) is 2. The van der Waals surface area contributed by atoms with Crippen molar-refractivity contribution < 1.29 is 29.3 Å². The second-order valence-corrected chi connectivity index (χ2v) is 13.1. The number of aromatic carboxylic acids is 2. The molecule has 0 unspecified atom stereocenters. The molecule has 2 N–H and O–H groups in total. The van der Waals surface area contributed by atoms with Crippen molar-refractivity contribution in [2.45, 2.75) is 90.4 Å². The van der Waals surface area contributed by atoms with Crippen LogP contribution < -0.4 is 9.47 Å². The molecule has 1 aromatic carbocycles. The van der Waals surface area contributed by atoms with Gasteiger partial charge in [-0.05, 0) is 85.0 Å².